The van der Waals surface area contributed by atoms with Crippen molar-refractivity contribution >= 4 is 11.6 Å². The standard InChI is InChI=1S/C16H18ClN/c1-13(11-14-7-3-2-4-8-14)18-12-15-9-5-6-10-16(15)17/h2-10,13,18H,11-12H2,1H3/t13-/m0/s1. The topological polar surface area (TPSA) is 12.0 Å². The number of halogens is 1. The van der Waals surface area contributed by atoms with Crippen LogP contribution in [0.5, 0.6) is 0 Å². The van der Waals surface area contributed by atoms with Crippen LogP contribution in [0.25, 0.3) is 0 Å². The van der Waals surface area contributed by atoms with Gasteiger partial charge in [0, 0.05) is 17.6 Å². The Hall–Kier alpha value is -1.31. The first kappa shape index (κ1) is 13.1. The third kappa shape index (κ3) is 3.86. The van der Waals surface area contributed by atoms with Crippen LogP contribution < -0.4 is 5.32 Å². The third-order valence-electron chi connectivity index (χ3n) is 2.98. The van der Waals surface area contributed by atoms with Crippen molar-refractivity contribution in [3.05, 3.63) is 70.7 Å². The average molecular weight is 260 g/mol. The minimum absolute atomic E-state index is 0.434. The minimum atomic E-state index is 0.434. The lowest BCUT2D eigenvalue weighted by molar-refractivity contribution is 0.545. The number of hydrogen-bond donors (Lipinski definition) is 1. The second-order valence-corrected chi connectivity index (χ2v) is 4.97. The Morgan fingerprint density at radius 2 is 1.67 bits per heavy atom. The molecular weight excluding hydrogens is 242 g/mol. The zero-order valence-electron chi connectivity index (χ0n) is 10.6. The summed E-state index contributed by atoms with van der Waals surface area (Å²) < 4.78 is 0. The summed E-state index contributed by atoms with van der Waals surface area (Å²) in [5.74, 6) is 0. The maximum absolute atomic E-state index is 6.13. The van der Waals surface area contributed by atoms with Crippen molar-refractivity contribution in [3.8, 4) is 0 Å². The monoisotopic (exact) mass is 259 g/mol. The van der Waals surface area contributed by atoms with E-state index in [9.17, 15) is 0 Å². The van der Waals surface area contributed by atoms with Crippen LogP contribution in [-0.2, 0) is 13.0 Å². The first-order valence-electron chi connectivity index (χ1n) is 6.26. The van der Waals surface area contributed by atoms with Crippen molar-refractivity contribution in [1.82, 2.24) is 5.32 Å². The van der Waals surface area contributed by atoms with Gasteiger partial charge in [0.05, 0.1) is 0 Å². The van der Waals surface area contributed by atoms with Gasteiger partial charge in [-0.2, -0.15) is 0 Å². The van der Waals surface area contributed by atoms with Crippen LogP contribution in [0.2, 0.25) is 5.02 Å². The van der Waals surface area contributed by atoms with Crippen LogP contribution >= 0.6 is 11.6 Å². The molecule has 0 aliphatic heterocycles. The Morgan fingerprint density at radius 3 is 2.39 bits per heavy atom. The van der Waals surface area contributed by atoms with Gasteiger partial charge in [0.1, 0.15) is 0 Å². The molecule has 0 bridgehead atoms. The predicted octanol–water partition coefficient (Wildman–Crippen LogP) is 4.06. The fourth-order valence-corrected chi connectivity index (χ4v) is 2.17. The van der Waals surface area contributed by atoms with Gasteiger partial charge in [-0.05, 0) is 30.5 Å². The van der Waals surface area contributed by atoms with E-state index in [4.69, 9.17) is 11.6 Å². The van der Waals surface area contributed by atoms with Crippen molar-refractivity contribution < 1.29 is 0 Å². The number of hydrogen-bond acceptors (Lipinski definition) is 1. The quantitative estimate of drug-likeness (QED) is 0.854. The van der Waals surface area contributed by atoms with E-state index in [0.29, 0.717) is 6.04 Å². The van der Waals surface area contributed by atoms with Crippen molar-refractivity contribution in [3.63, 3.8) is 0 Å². The zero-order valence-corrected chi connectivity index (χ0v) is 11.3. The molecule has 0 fully saturated rings. The van der Waals surface area contributed by atoms with Crippen LogP contribution in [0.4, 0.5) is 0 Å². The summed E-state index contributed by atoms with van der Waals surface area (Å²) in [6.45, 7) is 3.01. The molecule has 0 heterocycles. The number of benzene rings is 2. The van der Waals surface area contributed by atoms with Crippen LogP contribution in [0.1, 0.15) is 18.1 Å². The lowest BCUT2D eigenvalue weighted by Gasteiger charge is -2.14. The summed E-state index contributed by atoms with van der Waals surface area (Å²) in [5, 5.41) is 4.33. The first-order chi connectivity index (χ1) is 8.75. The summed E-state index contributed by atoms with van der Waals surface area (Å²) in [6.07, 6.45) is 1.03. The molecule has 2 heteroatoms. The molecule has 0 aliphatic rings. The molecule has 1 N–H and O–H groups in total. The molecule has 0 aromatic heterocycles. The Bertz CT molecular complexity index is 481. The zero-order chi connectivity index (χ0) is 12.8. The van der Waals surface area contributed by atoms with Gasteiger partial charge in [0.15, 0.2) is 0 Å². The lowest BCUT2D eigenvalue weighted by atomic mass is 10.1. The van der Waals surface area contributed by atoms with Crippen molar-refractivity contribution in [1.29, 1.82) is 0 Å². The molecule has 1 nitrogen and oxygen atoms in total. The predicted molar refractivity (Wildman–Crippen MR) is 77.9 cm³/mol. The molecule has 0 unspecified atom stereocenters. The Balaban J connectivity index is 1.86. The van der Waals surface area contributed by atoms with Gasteiger partial charge in [-0.3, -0.25) is 0 Å². The molecular formula is C16H18ClN. The second-order valence-electron chi connectivity index (χ2n) is 4.56. The van der Waals surface area contributed by atoms with E-state index in [1.165, 1.54) is 5.56 Å². The molecule has 2 rings (SSSR count). The maximum Gasteiger partial charge on any atom is 0.0450 e. The minimum Gasteiger partial charge on any atom is -0.310 e. The average Bonchev–Trinajstić information content (AvgIpc) is 2.39. The highest BCUT2D eigenvalue weighted by Gasteiger charge is 2.04. The normalized spacial score (nSPS) is 12.3. The molecule has 1 atom stereocenters. The second kappa shape index (κ2) is 6.58. The summed E-state index contributed by atoms with van der Waals surface area (Å²) in [5.41, 5.74) is 2.51. The fourth-order valence-electron chi connectivity index (χ4n) is 1.97. The van der Waals surface area contributed by atoms with Gasteiger partial charge in [-0.15, -0.1) is 0 Å². The smallest absolute Gasteiger partial charge is 0.0450 e. The highest BCUT2D eigenvalue weighted by molar-refractivity contribution is 6.31. The summed E-state index contributed by atoms with van der Waals surface area (Å²) in [6, 6.07) is 18.9. The Kier molecular flexibility index (Phi) is 4.80. The fraction of sp³-hybridized carbons (Fsp3) is 0.250. The molecule has 94 valence electrons. The Labute approximate surface area is 114 Å². The highest BCUT2D eigenvalue weighted by Crippen LogP contribution is 2.14. The highest BCUT2D eigenvalue weighted by atomic mass is 35.5. The van der Waals surface area contributed by atoms with Crippen LogP contribution in [0.15, 0.2) is 54.6 Å². The lowest BCUT2D eigenvalue weighted by Crippen LogP contribution is -2.27. The SMILES string of the molecule is C[C@@H](Cc1ccccc1)NCc1ccccc1Cl. The largest absolute Gasteiger partial charge is 0.310 e. The van der Waals surface area contributed by atoms with Crippen molar-refractivity contribution in [2.75, 3.05) is 0 Å². The first-order valence-corrected chi connectivity index (χ1v) is 6.64. The molecule has 0 spiro atoms. The molecule has 2 aromatic carbocycles. The Morgan fingerprint density at radius 1 is 1.00 bits per heavy atom. The van der Waals surface area contributed by atoms with Crippen LogP contribution in [-0.4, -0.2) is 6.04 Å². The molecule has 0 aliphatic carbocycles. The molecule has 0 radical (unpaired) electrons. The molecule has 0 saturated heterocycles. The van der Waals surface area contributed by atoms with Crippen LogP contribution in [0, 0.1) is 0 Å². The summed E-state index contributed by atoms with van der Waals surface area (Å²) in [4.78, 5) is 0. The number of nitrogens with one attached hydrogen (secondary N) is 1. The molecule has 0 saturated carbocycles. The molecule has 18 heavy (non-hydrogen) atoms. The van der Waals surface area contributed by atoms with E-state index in [-0.39, 0.29) is 0 Å². The van der Waals surface area contributed by atoms with E-state index in [1.54, 1.807) is 0 Å². The summed E-state index contributed by atoms with van der Waals surface area (Å²) in [7, 11) is 0. The van der Waals surface area contributed by atoms with Gasteiger partial charge >= 0.3 is 0 Å². The third-order valence-corrected chi connectivity index (χ3v) is 3.35. The molecule has 2 aromatic rings. The molecule has 0 amide bonds. The van der Waals surface area contributed by atoms with E-state index < -0.39 is 0 Å². The summed E-state index contributed by atoms with van der Waals surface area (Å²) >= 11 is 6.13. The van der Waals surface area contributed by atoms with E-state index in [1.807, 2.05) is 24.3 Å². The van der Waals surface area contributed by atoms with Gasteiger partial charge in [-0.1, -0.05) is 60.1 Å². The van der Waals surface area contributed by atoms with E-state index in [2.05, 4.69) is 42.6 Å². The van der Waals surface area contributed by atoms with E-state index >= 15 is 0 Å². The van der Waals surface area contributed by atoms with Crippen LogP contribution in [0.3, 0.4) is 0 Å². The van der Waals surface area contributed by atoms with Gasteiger partial charge in [0.2, 0.25) is 0 Å². The maximum atomic E-state index is 6.13. The van der Waals surface area contributed by atoms with Gasteiger partial charge in [-0.25, -0.2) is 0 Å². The van der Waals surface area contributed by atoms with Gasteiger partial charge < -0.3 is 5.32 Å². The van der Waals surface area contributed by atoms with Crippen molar-refractivity contribution in [2.45, 2.75) is 25.9 Å². The number of rotatable bonds is 5. The van der Waals surface area contributed by atoms with Crippen molar-refractivity contribution in [2.24, 2.45) is 0 Å². The van der Waals surface area contributed by atoms with Gasteiger partial charge in [0.25, 0.3) is 0 Å². The van der Waals surface area contributed by atoms with E-state index in [0.717, 1.165) is 23.6 Å².